The van der Waals surface area contributed by atoms with Gasteiger partial charge in [0.15, 0.2) is 11.5 Å². The maximum Gasteiger partial charge on any atom is 0.313 e. The Bertz CT molecular complexity index is 846. The molecule has 1 aliphatic heterocycles. The van der Waals surface area contributed by atoms with Crippen LogP contribution in [-0.4, -0.2) is 45.7 Å². The highest BCUT2D eigenvalue weighted by Crippen LogP contribution is 2.27. The first-order valence-electron chi connectivity index (χ1n) is 9.76. The third kappa shape index (κ3) is 5.40. The van der Waals surface area contributed by atoms with Gasteiger partial charge in [-0.15, -0.1) is 0 Å². The summed E-state index contributed by atoms with van der Waals surface area (Å²) in [7, 11) is 3.15. The van der Waals surface area contributed by atoms with Gasteiger partial charge in [0.1, 0.15) is 0 Å². The monoisotopic (exact) mass is 397 g/mol. The number of methoxy groups -OCH3 is 2. The molecule has 0 unspecified atom stereocenters. The van der Waals surface area contributed by atoms with Crippen LogP contribution in [0.25, 0.3) is 0 Å². The smallest absolute Gasteiger partial charge is 0.313 e. The number of ether oxygens (including phenoxy) is 2. The van der Waals surface area contributed by atoms with E-state index in [0.717, 1.165) is 24.3 Å². The molecule has 0 aromatic heterocycles. The Labute approximate surface area is 171 Å². The van der Waals surface area contributed by atoms with Crippen LogP contribution in [0.15, 0.2) is 42.5 Å². The van der Waals surface area contributed by atoms with E-state index in [4.69, 9.17) is 9.47 Å². The first kappa shape index (κ1) is 20.5. The molecule has 1 fully saturated rings. The molecule has 2 aromatic rings. The van der Waals surface area contributed by atoms with Crippen LogP contribution in [0.5, 0.6) is 11.5 Å². The van der Waals surface area contributed by atoms with Crippen molar-refractivity contribution in [3.8, 4) is 11.5 Å². The van der Waals surface area contributed by atoms with E-state index in [1.54, 1.807) is 14.2 Å². The Balaban J connectivity index is 1.46. The summed E-state index contributed by atoms with van der Waals surface area (Å²) in [5.74, 6) is -0.0535. The van der Waals surface area contributed by atoms with Gasteiger partial charge in [-0.2, -0.15) is 0 Å². The van der Waals surface area contributed by atoms with Gasteiger partial charge in [-0.3, -0.25) is 9.59 Å². The highest BCUT2D eigenvalue weighted by molar-refractivity contribution is 6.39. The molecular weight excluding hydrogens is 370 g/mol. The summed E-state index contributed by atoms with van der Waals surface area (Å²) < 4.78 is 10.5. The average molecular weight is 397 g/mol. The van der Waals surface area contributed by atoms with Gasteiger partial charge in [0.25, 0.3) is 0 Å². The molecule has 29 heavy (non-hydrogen) atoms. The first-order chi connectivity index (χ1) is 14.1. The molecule has 2 amide bonds. The highest BCUT2D eigenvalue weighted by Gasteiger charge is 2.15. The third-order valence-corrected chi connectivity index (χ3v) is 4.95. The van der Waals surface area contributed by atoms with Crippen LogP contribution in [0.3, 0.4) is 0 Å². The SMILES string of the molecule is COc1ccc(CCNC(=O)C(=O)Nc2ccc(N3CCCC3)cc2)cc1OC. The fourth-order valence-corrected chi connectivity index (χ4v) is 3.36. The third-order valence-electron chi connectivity index (χ3n) is 4.95. The van der Waals surface area contributed by atoms with Crippen molar-refractivity contribution in [3.05, 3.63) is 48.0 Å². The Morgan fingerprint density at radius 2 is 1.62 bits per heavy atom. The fraction of sp³-hybridized carbons (Fsp3) is 0.364. The van der Waals surface area contributed by atoms with Gasteiger partial charge in [0.05, 0.1) is 14.2 Å². The lowest BCUT2D eigenvalue weighted by molar-refractivity contribution is -0.136. The van der Waals surface area contributed by atoms with Crippen LogP contribution >= 0.6 is 0 Å². The Kier molecular flexibility index (Phi) is 6.94. The lowest BCUT2D eigenvalue weighted by Crippen LogP contribution is -2.36. The number of nitrogens with zero attached hydrogens (tertiary/aromatic N) is 1. The largest absolute Gasteiger partial charge is 0.493 e. The summed E-state index contributed by atoms with van der Waals surface area (Å²) in [4.78, 5) is 26.5. The minimum Gasteiger partial charge on any atom is -0.493 e. The van der Waals surface area contributed by atoms with Crippen LogP contribution in [0.1, 0.15) is 18.4 Å². The van der Waals surface area contributed by atoms with Crippen molar-refractivity contribution < 1.29 is 19.1 Å². The zero-order chi connectivity index (χ0) is 20.6. The van der Waals surface area contributed by atoms with E-state index >= 15 is 0 Å². The number of carbonyl (C=O) groups is 2. The lowest BCUT2D eigenvalue weighted by Gasteiger charge is -2.17. The molecule has 1 heterocycles. The second kappa shape index (κ2) is 9.82. The first-order valence-corrected chi connectivity index (χ1v) is 9.76. The minimum atomic E-state index is -0.675. The maximum atomic E-state index is 12.1. The zero-order valence-electron chi connectivity index (χ0n) is 16.9. The highest BCUT2D eigenvalue weighted by atomic mass is 16.5. The second-order valence-corrected chi connectivity index (χ2v) is 6.89. The lowest BCUT2D eigenvalue weighted by atomic mass is 10.1. The van der Waals surface area contributed by atoms with Crippen molar-refractivity contribution in [1.29, 1.82) is 0 Å². The summed E-state index contributed by atoms with van der Waals surface area (Å²) in [6.07, 6.45) is 2.99. The van der Waals surface area contributed by atoms with Crippen LogP contribution in [0.4, 0.5) is 11.4 Å². The van der Waals surface area contributed by atoms with E-state index in [-0.39, 0.29) is 0 Å². The molecular formula is C22H27N3O4. The number of carbonyl (C=O) groups excluding carboxylic acids is 2. The molecule has 0 aliphatic carbocycles. The number of hydrogen-bond donors (Lipinski definition) is 2. The predicted octanol–water partition coefficient (Wildman–Crippen LogP) is 2.60. The number of anilines is 2. The normalized spacial score (nSPS) is 13.1. The molecule has 1 saturated heterocycles. The van der Waals surface area contributed by atoms with Crippen molar-refractivity contribution >= 4 is 23.2 Å². The zero-order valence-corrected chi connectivity index (χ0v) is 16.9. The Hall–Kier alpha value is -3.22. The molecule has 0 spiro atoms. The molecule has 0 saturated carbocycles. The average Bonchev–Trinajstić information content (AvgIpc) is 3.29. The van der Waals surface area contributed by atoms with E-state index < -0.39 is 11.8 Å². The topological polar surface area (TPSA) is 79.9 Å². The van der Waals surface area contributed by atoms with Crippen molar-refractivity contribution in [2.24, 2.45) is 0 Å². The number of nitrogens with one attached hydrogen (secondary N) is 2. The van der Waals surface area contributed by atoms with Gasteiger partial charge in [-0.05, 0) is 61.2 Å². The van der Waals surface area contributed by atoms with E-state index in [1.165, 1.54) is 12.8 Å². The van der Waals surface area contributed by atoms with Crippen molar-refractivity contribution in [3.63, 3.8) is 0 Å². The molecule has 7 nitrogen and oxygen atoms in total. The molecule has 0 atom stereocenters. The van der Waals surface area contributed by atoms with Gasteiger partial charge in [-0.1, -0.05) is 6.07 Å². The van der Waals surface area contributed by atoms with E-state index in [2.05, 4.69) is 15.5 Å². The van der Waals surface area contributed by atoms with E-state index in [0.29, 0.717) is 30.2 Å². The van der Waals surface area contributed by atoms with Crippen LogP contribution in [-0.2, 0) is 16.0 Å². The van der Waals surface area contributed by atoms with Crippen molar-refractivity contribution in [1.82, 2.24) is 5.32 Å². The molecule has 2 N–H and O–H groups in total. The summed E-state index contributed by atoms with van der Waals surface area (Å²) in [5.41, 5.74) is 2.72. The summed E-state index contributed by atoms with van der Waals surface area (Å²) in [6, 6.07) is 13.1. The van der Waals surface area contributed by atoms with Gasteiger partial charge in [-0.25, -0.2) is 0 Å². The predicted molar refractivity (Wildman–Crippen MR) is 113 cm³/mol. The summed E-state index contributed by atoms with van der Waals surface area (Å²) in [6.45, 7) is 2.47. The number of rotatable bonds is 7. The van der Waals surface area contributed by atoms with Crippen LogP contribution < -0.4 is 25.0 Å². The summed E-state index contributed by atoms with van der Waals surface area (Å²) in [5, 5.41) is 5.28. The standard InChI is InChI=1S/C22H27N3O4/c1-28-19-10-5-16(15-20(19)29-2)11-12-23-21(26)22(27)24-17-6-8-18(9-7-17)25-13-3-4-14-25/h5-10,15H,3-4,11-14H2,1-2H3,(H,23,26)(H,24,27). The van der Waals surface area contributed by atoms with Gasteiger partial charge in [0.2, 0.25) is 0 Å². The van der Waals surface area contributed by atoms with Crippen molar-refractivity contribution in [2.75, 3.05) is 44.1 Å². The van der Waals surface area contributed by atoms with Crippen LogP contribution in [0.2, 0.25) is 0 Å². The Morgan fingerprint density at radius 3 is 2.28 bits per heavy atom. The summed E-state index contributed by atoms with van der Waals surface area (Å²) >= 11 is 0. The number of benzene rings is 2. The number of hydrogen-bond acceptors (Lipinski definition) is 5. The molecule has 0 radical (unpaired) electrons. The van der Waals surface area contributed by atoms with E-state index in [1.807, 2.05) is 42.5 Å². The fourth-order valence-electron chi connectivity index (χ4n) is 3.36. The van der Waals surface area contributed by atoms with Crippen molar-refractivity contribution in [2.45, 2.75) is 19.3 Å². The second-order valence-electron chi connectivity index (χ2n) is 6.89. The maximum absolute atomic E-state index is 12.1. The van der Waals surface area contributed by atoms with Gasteiger partial charge in [0, 0.05) is 31.0 Å². The number of amides is 2. The van der Waals surface area contributed by atoms with Crippen LogP contribution in [0, 0.1) is 0 Å². The molecule has 7 heteroatoms. The molecule has 3 rings (SSSR count). The minimum absolute atomic E-state index is 0.343. The molecule has 2 aromatic carbocycles. The molecule has 1 aliphatic rings. The van der Waals surface area contributed by atoms with Gasteiger partial charge >= 0.3 is 11.8 Å². The molecule has 0 bridgehead atoms. The molecule has 154 valence electrons. The van der Waals surface area contributed by atoms with E-state index in [9.17, 15) is 9.59 Å². The Morgan fingerprint density at radius 1 is 0.931 bits per heavy atom. The van der Waals surface area contributed by atoms with Gasteiger partial charge < -0.3 is 25.0 Å². The quantitative estimate of drug-likeness (QED) is 0.702.